The smallest absolute Gasteiger partial charge is 0.324 e. The summed E-state index contributed by atoms with van der Waals surface area (Å²) in [6, 6.07) is 0. The maximum absolute atomic E-state index is 11.7. The van der Waals surface area contributed by atoms with Gasteiger partial charge < -0.3 is 15.9 Å². The van der Waals surface area contributed by atoms with E-state index in [2.05, 4.69) is 0 Å². The average Bonchev–Trinajstić information content (AvgIpc) is 2.12. The van der Waals surface area contributed by atoms with E-state index in [1.807, 2.05) is 20.8 Å². The van der Waals surface area contributed by atoms with E-state index in [4.69, 9.17) is 10.8 Å². The van der Waals surface area contributed by atoms with Gasteiger partial charge in [0.15, 0.2) is 0 Å². The van der Waals surface area contributed by atoms with Crippen LogP contribution in [0.2, 0.25) is 0 Å². The molecule has 0 aliphatic rings. The van der Waals surface area contributed by atoms with Crippen molar-refractivity contribution in [1.29, 1.82) is 0 Å². The Balaban J connectivity index is 5.66. The van der Waals surface area contributed by atoms with E-state index in [0.717, 1.165) is 0 Å². The Kier molecular flexibility index (Phi) is 5.17. The highest BCUT2D eigenvalue weighted by molar-refractivity contribution is 5.80. The van der Waals surface area contributed by atoms with Crippen molar-refractivity contribution in [1.82, 2.24) is 0 Å². The van der Waals surface area contributed by atoms with Gasteiger partial charge in [-0.15, -0.1) is 0 Å². The molecular formula is C14H27NO4. The van der Waals surface area contributed by atoms with Crippen LogP contribution in [0.15, 0.2) is 0 Å². The molecular weight excluding hydrogens is 246 g/mol. The zero-order valence-corrected chi connectivity index (χ0v) is 12.8. The van der Waals surface area contributed by atoms with Crippen molar-refractivity contribution in [2.75, 3.05) is 0 Å². The van der Waals surface area contributed by atoms with Gasteiger partial charge >= 0.3 is 11.9 Å². The fourth-order valence-corrected chi connectivity index (χ4v) is 2.60. The zero-order chi connectivity index (χ0) is 15.6. The van der Waals surface area contributed by atoms with Crippen LogP contribution >= 0.6 is 0 Å². The summed E-state index contributed by atoms with van der Waals surface area (Å²) in [6.07, 6.45) is 0.170. The molecule has 0 saturated heterocycles. The number of carboxylic acid groups (broad SMARTS) is 2. The van der Waals surface area contributed by atoms with Crippen LogP contribution < -0.4 is 5.73 Å². The molecule has 0 amide bonds. The third kappa shape index (κ3) is 3.93. The van der Waals surface area contributed by atoms with E-state index in [1.54, 1.807) is 20.8 Å². The van der Waals surface area contributed by atoms with Gasteiger partial charge in [-0.2, -0.15) is 0 Å². The maximum Gasteiger partial charge on any atom is 0.324 e. The van der Waals surface area contributed by atoms with Crippen LogP contribution in [-0.2, 0) is 9.59 Å². The van der Waals surface area contributed by atoms with Crippen molar-refractivity contribution < 1.29 is 19.8 Å². The van der Waals surface area contributed by atoms with E-state index < -0.39 is 34.2 Å². The van der Waals surface area contributed by atoms with Crippen molar-refractivity contribution in [3.05, 3.63) is 0 Å². The topological polar surface area (TPSA) is 101 Å². The SMILES string of the molecule is CC(C)(C)C(CCC(=O)O)C(N)(C(=O)O)C(C)(C)C. The van der Waals surface area contributed by atoms with Crippen LogP contribution in [0.1, 0.15) is 54.4 Å². The number of hydrogen-bond donors (Lipinski definition) is 3. The summed E-state index contributed by atoms with van der Waals surface area (Å²) in [5.74, 6) is -2.45. The predicted molar refractivity (Wildman–Crippen MR) is 73.8 cm³/mol. The molecule has 0 rings (SSSR count). The molecule has 0 aliphatic heterocycles. The summed E-state index contributed by atoms with van der Waals surface area (Å²) in [5.41, 5.74) is 3.71. The highest BCUT2D eigenvalue weighted by Crippen LogP contribution is 2.45. The molecule has 4 N–H and O–H groups in total. The van der Waals surface area contributed by atoms with Crippen molar-refractivity contribution in [2.24, 2.45) is 22.5 Å². The molecule has 5 nitrogen and oxygen atoms in total. The summed E-state index contributed by atoms with van der Waals surface area (Å²) in [7, 11) is 0. The molecule has 0 radical (unpaired) electrons. The minimum atomic E-state index is -1.47. The second kappa shape index (κ2) is 5.49. The molecule has 0 aromatic rings. The summed E-state index contributed by atoms with van der Waals surface area (Å²) in [6.45, 7) is 11.0. The molecule has 112 valence electrons. The van der Waals surface area contributed by atoms with Gasteiger partial charge in [0, 0.05) is 6.42 Å². The monoisotopic (exact) mass is 273 g/mol. The Hall–Kier alpha value is -1.10. The Labute approximate surface area is 115 Å². The van der Waals surface area contributed by atoms with Gasteiger partial charge in [-0.25, -0.2) is 0 Å². The minimum absolute atomic E-state index is 0.0791. The van der Waals surface area contributed by atoms with E-state index in [-0.39, 0.29) is 12.8 Å². The third-order valence-electron chi connectivity index (χ3n) is 3.84. The summed E-state index contributed by atoms with van der Waals surface area (Å²) in [5, 5.41) is 18.4. The highest BCUT2D eigenvalue weighted by atomic mass is 16.4. The molecule has 0 aromatic heterocycles. The first-order chi connectivity index (χ1) is 8.24. The summed E-state index contributed by atoms with van der Waals surface area (Å²) in [4.78, 5) is 22.5. The average molecular weight is 273 g/mol. The first-order valence-electron chi connectivity index (χ1n) is 6.48. The first-order valence-corrected chi connectivity index (χ1v) is 6.48. The molecule has 2 atom stereocenters. The molecule has 5 heteroatoms. The highest BCUT2D eigenvalue weighted by Gasteiger charge is 2.54. The lowest BCUT2D eigenvalue weighted by Gasteiger charge is -2.49. The second-order valence-electron chi connectivity index (χ2n) is 7.28. The van der Waals surface area contributed by atoms with E-state index in [9.17, 15) is 14.7 Å². The minimum Gasteiger partial charge on any atom is -0.481 e. The quantitative estimate of drug-likeness (QED) is 0.713. The number of hydrogen-bond acceptors (Lipinski definition) is 3. The predicted octanol–water partition coefficient (Wildman–Crippen LogP) is 2.34. The Morgan fingerprint density at radius 2 is 1.47 bits per heavy atom. The second-order valence-corrected chi connectivity index (χ2v) is 7.28. The lowest BCUT2D eigenvalue weighted by molar-refractivity contribution is -0.155. The van der Waals surface area contributed by atoms with Crippen LogP contribution in [-0.4, -0.2) is 27.7 Å². The normalized spacial score (nSPS) is 17.6. The van der Waals surface area contributed by atoms with Crippen molar-refractivity contribution in [3.63, 3.8) is 0 Å². The largest absolute Gasteiger partial charge is 0.481 e. The standard InChI is InChI=1S/C14H27NO4/c1-12(2,3)9(7-8-10(16)17)14(15,11(18)19)13(4,5)6/h9H,7-8,15H2,1-6H3,(H,16,17)(H,18,19). The zero-order valence-electron chi connectivity index (χ0n) is 12.8. The maximum atomic E-state index is 11.7. The van der Waals surface area contributed by atoms with Crippen LogP contribution in [0.3, 0.4) is 0 Å². The fraction of sp³-hybridized carbons (Fsp3) is 0.857. The number of nitrogens with two attached hydrogens (primary N) is 1. The van der Waals surface area contributed by atoms with E-state index in [0.29, 0.717) is 0 Å². The third-order valence-corrected chi connectivity index (χ3v) is 3.84. The molecule has 0 fully saturated rings. The van der Waals surface area contributed by atoms with Crippen molar-refractivity contribution in [3.8, 4) is 0 Å². The summed E-state index contributed by atoms with van der Waals surface area (Å²) >= 11 is 0. The van der Waals surface area contributed by atoms with Crippen molar-refractivity contribution in [2.45, 2.75) is 59.9 Å². The molecule has 19 heavy (non-hydrogen) atoms. The lowest BCUT2D eigenvalue weighted by atomic mass is 9.58. The number of aliphatic carboxylic acids is 2. The van der Waals surface area contributed by atoms with Crippen molar-refractivity contribution >= 4 is 11.9 Å². The van der Waals surface area contributed by atoms with Gasteiger partial charge in [0.25, 0.3) is 0 Å². The molecule has 0 aromatic carbocycles. The van der Waals surface area contributed by atoms with E-state index in [1.165, 1.54) is 0 Å². The lowest BCUT2D eigenvalue weighted by Crippen LogP contribution is -2.65. The van der Waals surface area contributed by atoms with Crippen LogP contribution in [0, 0.1) is 16.7 Å². The molecule has 0 bridgehead atoms. The van der Waals surface area contributed by atoms with Crippen LogP contribution in [0.25, 0.3) is 0 Å². The van der Waals surface area contributed by atoms with Gasteiger partial charge in [-0.05, 0) is 23.2 Å². The molecule has 0 aliphatic carbocycles. The van der Waals surface area contributed by atoms with Crippen LogP contribution in [0.5, 0.6) is 0 Å². The van der Waals surface area contributed by atoms with E-state index >= 15 is 0 Å². The first kappa shape index (κ1) is 17.9. The fourth-order valence-electron chi connectivity index (χ4n) is 2.60. The van der Waals surface area contributed by atoms with Crippen LogP contribution in [0.4, 0.5) is 0 Å². The molecule has 0 heterocycles. The summed E-state index contributed by atoms with van der Waals surface area (Å²) < 4.78 is 0. The Bertz CT molecular complexity index is 351. The number of rotatable bonds is 5. The Morgan fingerprint density at radius 1 is 1.05 bits per heavy atom. The Morgan fingerprint density at radius 3 is 1.68 bits per heavy atom. The van der Waals surface area contributed by atoms with Gasteiger partial charge in [0.1, 0.15) is 5.54 Å². The van der Waals surface area contributed by atoms with Gasteiger partial charge in [0.05, 0.1) is 0 Å². The van der Waals surface area contributed by atoms with Gasteiger partial charge in [0.2, 0.25) is 0 Å². The van der Waals surface area contributed by atoms with Gasteiger partial charge in [-0.3, -0.25) is 9.59 Å². The molecule has 0 spiro atoms. The number of carbonyl (C=O) groups is 2. The van der Waals surface area contributed by atoms with Gasteiger partial charge in [-0.1, -0.05) is 41.5 Å². The molecule has 2 unspecified atom stereocenters. The number of carboxylic acids is 2. The molecule has 0 saturated carbocycles.